The van der Waals surface area contributed by atoms with Gasteiger partial charge in [0.2, 0.25) is 0 Å². The predicted octanol–water partition coefficient (Wildman–Crippen LogP) is 3.38. The van der Waals surface area contributed by atoms with Gasteiger partial charge in [0.1, 0.15) is 5.75 Å². The number of azide groups is 1. The molecule has 0 saturated carbocycles. The normalized spacial score (nSPS) is 16.6. The van der Waals surface area contributed by atoms with Gasteiger partial charge in [-0.25, -0.2) is 0 Å². The summed E-state index contributed by atoms with van der Waals surface area (Å²) in [5.41, 5.74) is 9.25. The van der Waals surface area contributed by atoms with E-state index in [9.17, 15) is 0 Å². The maximum absolute atomic E-state index is 8.25. The number of methoxy groups -OCH3 is 1. The minimum atomic E-state index is -0.664. The van der Waals surface area contributed by atoms with Gasteiger partial charge in [-0.15, -0.1) is 0 Å². The molecule has 0 N–H and O–H groups in total. The smallest absolute Gasteiger partial charge is 0.194 e. The molecule has 20 heavy (non-hydrogen) atoms. The second kappa shape index (κ2) is 7.14. The summed E-state index contributed by atoms with van der Waals surface area (Å²) in [5.74, 6) is 0.146. The van der Waals surface area contributed by atoms with Gasteiger partial charge in [-0.2, -0.15) is 0 Å². The Bertz CT molecular complexity index is 463. The fraction of sp³-hybridized carbons (Fsp3) is 0.571. The van der Waals surface area contributed by atoms with Crippen LogP contribution in [0.15, 0.2) is 29.4 Å². The summed E-state index contributed by atoms with van der Waals surface area (Å²) in [5, 5.41) is 3.54. The molecule has 0 aliphatic carbocycles. The summed E-state index contributed by atoms with van der Waals surface area (Å²) in [6.45, 7) is 1.71. The van der Waals surface area contributed by atoms with Crippen LogP contribution in [0.25, 0.3) is 10.4 Å². The van der Waals surface area contributed by atoms with E-state index in [0.29, 0.717) is 19.8 Å². The van der Waals surface area contributed by atoms with Crippen LogP contribution in [0, 0.1) is 0 Å². The highest BCUT2D eigenvalue weighted by Gasteiger charge is 2.37. The van der Waals surface area contributed by atoms with E-state index >= 15 is 0 Å². The van der Waals surface area contributed by atoms with E-state index < -0.39 is 5.79 Å². The van der Waals surface area contributed by atoms with Crippen molar-refractivity contribution in [1.82, 2.24) is 0 Å². The predicted molar refractivity (Wildman–Crippen MR) is 74.4 cm³/mol. The first-order valence-electron chi connectivity index (χ1n) is 6.74. The topological polar surface area (TPSA) is 76.5 Å². The van der Waals surface area contributed by atoms with Gasteiger partial charge < -0.3 is 14.2 Å². The molecular formula is C14H19N3O3. The van der Waals surface area contributed by atoms with Gasteiger partial charge in [0.15, 0.2) is 5.79 Å². The molecule has 0 radical (unpaired) electrons. The molecule has 0 amide bonds. The van der Waals surface area contributed by atoms with E-state index in [2.05, 4.69) is 10.0 Å². The lowest BCUT2D eigenvalue weighted by Crippen LogP contribution is -2.27. The summed E-state index contributed by atoms with van der Waals surface area (Å²) in [7, 11) is 1.64. The minimum Gasteiger partial charge on any atom is -0.497 e. The molecular weight excluding hydrogens is 258 g/mol. The summed E-state index contributed by atoms with van der Waals surface area (Å²) in [6.07, 6.45) is 2.46. The highest BCUT2D eigenvalue weighted by molar-refractivity contribution is 5.30. The largest absolute Gasteiger partial charge is 0.497 e. The Morgan fingerprint density at radius 1 is 1.25 bits per heavy atom. The highest BCUT2D eigenvalue weighted by atomic mass is 16.7. The van der Waals surface area contributed by atoms with Gasteiger partial charge >= 0.3 is 0 Å². The molecule has 6 nitrogen and oxygen atoms in total. The zero-order chi connectivity index (χ0) is 14.3. The van der Waals surface area contributed by atoms with Crippen LogP contribution in [-0.4, -0.2) is 26.9 Å². The molecule has 1 heterocycles. The van der Waals surface area contributed by atoms with Crippen LogP contribution in [0.4, 0.5) is 0 Å². The van der Waals surface area contributed by atoms with Gasteiger partial charge in [-0.1, -0.05) is 5.11 Å². The number of unbranched alkanes of at least 4 members (excludes halogenated alkanes) is 1. The van der Waals surface area contributed by atoms with Crippen molar-refractivity contribution in [3.63, 3.8) is 0 Å². The Balaban J connectivity index is 2.02. The first kappa shape index (κ1) is 14.7. The van der Waals surface area contributed by atoms with Crippen LogP contribution < -0.4 is 4.74 Å². The molecule has 1 aliphatic rings. The number of rotatable bonds is 7. The van der Waals surface area contributed by atoms with E-state index in [1.165, 1.54) is 0 Å². The lowest BCUT2D eigenvalue weighted by atomic mass is 9.99. The van der Waals surface area contributed by atoms with Crippen LogP contribution >= 0.6 is 0 Å². The Kier molecular flexibility index (Phi) is 5.24. The van der Waals surface area contributed by atoms with Crippen molar-refractivity contribution in [3.05, 3.63) is 40.3 Å². The molecule has 0 unspecified atom stereocenters. The Hall–Kier alpha value is -1.75. The molecule has 6 heteroatoms. The third-order valence-electron chi connectivity index (χ3n) is 3.36. The Morgan fingerprint density at radius 3 is 2.55 bits per heavy atom. The standard InChI is InChI=1S/C14H19N3O3/c1-18-13-6-4-12(5-7-13)14(19-10-11-20-14)8-2-3-9-16-17-15/h4-7H,2-3,8-11H2,1H3. The van der Waals surface area contributed by atoms with E-state index in [0.717, 1.165) is 30.6 Å². The fourth-order valence-corrected chi connectivity index (χ4v) is 2.34. The van der Waals surface area contributed by atoms with Crippen molar-refractivity contribution in [3.8, 4) is 5.75 Å². The molecule has 0 bridgehead atoms. The van der Waals surface area contributed by atoms with Gasteiger partial charge in [-0.05, 0) is 42.6 Å². The van der Waals surface area contributed by atoms with Crippen LogP contribution in [0.5, 0.6) is 5.75 Å². The van der Waals surface area contributed by atoms with Gasteiger partial charge in [0.25, 0.3) is 0 Å². The molecule has 2 rings (SSSR count). The molecule has 0 atom stereocenters. The molecule has 1 aromatic rings. The first-order valence-corrected chi connectivity index (χ1v) is 6.74. The number of hydrogen-bond acceptors (Lipinski definition) is 4. The van der Waals surface area contributed by atoms with E-state index in [-0.39, 0.29) is 0 Å². The average Bonchev–Trinajstić information content (AvgIpc) is 2.97. The fourth-order valence-electron chi connectivity index (χ4n) is 2.34. The summed E-state index contributed by atoms with van der Waals surface area (Å²) < 4.78 is 16.8. The number of benzene rings is 1. The third kappa shape index (κ3) is 3.42. The maximum Gasteiger partial charge on any atom is 0.194 e. The molecule has 0 aromatic heterocycles. The quantitative estimate of drug-likeness (QED) is 0.332. The Morgan fingerprint density at radius 2 is 1.95 bits per heavy atom. The SMILES string of the molecule is COc1ccc(C2(CCCCN=[N+]=[N-])OCCO2)cc1. The molecule has 108 valence electrons. The molecule has 1 fully saturated rings. The lowest BCUT2D eigenvalue weighted by Gasteiger charge is -2.28. The number of ether oxygens (including phenoxy) is 3. The van der Waals surface area contributed by atoms with Crippen molar-refractivity contribution >= 4 is 0 Å². The maximum atomic E-state index is 8.25. The summed E-state index contributed by atoms with van der Waals surface area (Å²) >= 11 is 0. The van der Waals surface area contributed by atoms with Gasteiger partial charge in [0.05, 0.1) is 20.3 Å². The summed E-state index contributed by atoms with van der Waals surface area (Å²) in [4.78, 5) is 2.75. The third-order valence-corrected chi connectivity index (χ3v) is 3.36. The average molecular weight is 277 g/mol. The van der Waals surface area contributed by atoms with Crippen molar-refractivity contribution in [2.24, 2.45) is 5.11 Å². The van der Waals surface area contributed by atoms with E-state index in [1.54, 1.807) is 7.11 Å². The number of nitrogens with zero attached hydrogens (tertiary/aromatic N) is 3. The van der Waals surface area contributed by atoms with Crippen molar-refractivity contribution < 1.29 is 14.2 Å². The summed E-state index contributed by atoms with van der Waals surface area (Å²) in [6, 6.07) is 7.75. The molecule has 1 aromatic carbocycles. The zero-order valence-corrected chi connectivity index (χ0v) is 11.6. The van der Waals surface area contributed by atoms with Crippen molar-refractivity contribution in [2.45, 2.75) is 25.0 Å². The van der Waals surface area contributed by atoms with Crippen LogP contribution in [0.1, 0.15) is 24.8 Å². The molecule has 0 spiro atoms. The van der Waals surface area contributed by atoms with E-state index in [4.69, 9.17) is 19.7 Å². The highest BCUT2D eigenvalue weighted by Crippen LogP contribution is 2.37. The monoisotopic (exact) mass is 277 g/mol. The molecule has 1 aliphatic heterocycles. The van der Waals surface area contributed by atoms with Crippen molar-refractivity contribution in [1.29, 1.82) is 0 Å². The second-order valence-electron chi connectivity index (χ2n) is 4.59. The van der Waals surface area contributed by atoms with Crippen LogP contribution in [0.3, 0.4) is 0 Å². The van der Waals surface area contributed by atoms with Crippen LogP contribution in [0.2, 0.25) is 0 Å². The first-order chi connectivity index (χ1) is 9.80. The van der Waals surface area contributed by atoms with Gasteiger partial charge in [0, 0.05) is 23.4 Å². The second-order valence-corrected chi connectivity index (χ2v) is 4.59. The minimum absolute atomic E-state index is 0.509. The van der Waals surface area contributed by atoms with Crippen LogP contribution in [-0.2, 0) is 15.3 Å². The Labute approximate surface area is 118 Å². The zero-order valence-electron chi connectivity index (χ0n) is 11.6. The lowest BCUT2D eigenvalue weighted by molar-refractivity contribution is -0.171. The molecule has 1 saturated heterocycles. The van der Waals surface area contributed by atoms with Gasteiger partial charge in [-0.3, -0.25) is 0 Å². The van der Waals surface area contributed by atoms with E-state index in [1.807, 2.05) is 24.3 Å². The van der Waals surface area contributed by atoms with Crippen molar-refractivity contribution in [2.75, 3.05) is 26.9 Å². The number of hydrogen-bond donors (Lipinski definition) is 0.